The van der Waals surface area contributed by atoms with Gasteiger partial charge < -0.3 is 5.11 Å². The molecule has 1 aromatic heterocycles. The number of nitrogens with zero attached hydrogens (tertiary/aromatic N) is 4. The molecular formula is C14H26N4OS. The van der Waals surface area contributed by atoms with Gasteiger partial charge in [0.25, 0.3) is 0 Å². The number of hydrogen-bond donors (Lipinski definition) is 1. The average molecular weight is 298 g/mol. The smallest absolute Gasteiger partial charge is 0.141 e. The maximum absolute atomic E-state index is 9.32. The normalized spacial score (nSPS) is 19.9. The molecule has 6 heteroatoms. The number of aromatic nitrogens is 3. The van der Waals surface area contributed by atoms with E-state index in [9.17, 15) is 5.11 Å². The highest BCUT2D eigenvalue weighted by atomic mass is 32.2. The van der Waals surface area contributed by atoms with Crippen LogP contribution >= 0.6 is 11.8 Å². The van der Waals surface area contributed by atoms with E-state index < -0.39 is 0 Å². The summed E-state index contributed by atoms with van der Waals surface area (Å²) in [4.78, 5) is 6.78. The lowest BCUT2D eigenvalue weighted by molar-refractivity contribution is 0.140. The van der Waals surface area contributed by atoms with Crippen molar-refractivity contribution in [1.29, 1.82) is 0 Å². The van der Waals surface area contributed by atoms with Crippen molar-refractivity contribution in [3.05, 3.63) is 12.2 Å². The van der Waals surface area contributed by atoms with E-state index in [2.05, 4.69) is 28.8 Å². The van der Waals surface area contributed by atoms with Gasteiger partial charge in [-0.1, -0.05) is 13.8 Å². The average Bonchev–Trinajstić information content (AvgIpc) is 2.86. The van der Waals surface area contributed by atoms with Crippen molar-refractivity contribution in [2.75, 3.05) is 24.7 Å². The molecule has 1 aliphatic heterocycles. The van der Waals surface area contributed by atoms with E-state index in [4.69, 9.17) is 0 Å². The van der Waals surface area contributed by atoms with Gasteiger partial charge in [-0.05, 0) is 24.5 Å². The molecule has 0 spiro atoms. The van der Waals surface area contributed by atoms with Crippen LogP contribution in [0.3, 0.4) is 0 Å². The number of aliphatic hydroxyl groups is 1. The van der Waals surface area contributed by atoms with Gasteiger partial charge in [0.15, 0.2) is 0 Å². The van der Waals surface area contributed by atoms with E-state index in [0.717, 1.165) is 31.2 Å². The molecule has 1 N–H and O–H groups in total. The Hall–Kier alpha value is -0.590. The lowest BCUT2D eigenvalue weighted by Gasteiger charge is -2.33. The number of hydrogen-bond acceptors (Lipinski definition) is 5. The van der Waals surface area contributed by atoms with Crippen LogP contribution in [0.25, 0.3) is 0 Å². The maximum Gasteiger partial charge on any atom is 0.141 e. The van der Waals surface area contributed by atoms with E-state index in [1.165, 1.54) is 18.6 Å². The van der Waals surface area contributed by atoms with Crippen LogP contribution < -0.4 is 0 Å². The minimum atomic E-state index is 0.208. The third-order valence-electron chi connectivity index (χ3n) is 3.62. The Morgan fingerprint density at radius 2 is 2.40 bits per heavy atom. The first-order valence-corrected chi connectivity index (χ1v) is 8.65. The Kier molecular flexibility index (Phi) is 6.32. The zero-order valence-corrected chi connectivity index (χ0v) is 13.3. The molecule has 0 amide bonds. The molecule has 0 bridgehead atoms. The molecule has 114 valence electrons. The summed E-state index contributed by atoms with van der Waals surface area (Å²) in [5.41, 5.74) is 0. The van der Waals surface area contributed by atoms with Crippen LogP contribution in [0, 0.1) is 5.92 Å². The predicted octanol–water partition coefficient (Wildman–Crippen LogP) is 1.62. The maximum atomic E-state index is 9.32. The molecule has 1 aromatic rings. The minimum absolute atomic E-state index is 0.208. The first-order chi connectivity index (χ1) is 9.70. The van der Waals surface area contributed by atoms with Crippen molar-refractivity contribution in [1.82, 2.24) is 19.7 Å². The lowest BCUT2D eigenvalue weighted by atomic mass is 10.1. The van der Waals surface area contributed by atoms with Gasteiger partial charge in [0.05, 0.1) is 13.2 Å². The Bertz CT molecular complexity index is 390. The molecule has 0 aliphatic carbocycles. The van der Waals surface area contributed by atoms with Crippen LogP contribution in [0.15, 0.2) is 6.33 Å². The van der Waals surface area contributed by atoms with Crippen molar-refractivity contribution in [2.45, 2.75) is 45.8 Å². The Balaban J connectivity index is 2.01. The number of thioether (sulfide) groups is 1. The van der Waals surface area contributed by atoms with Gasteiger partial charge in [-0.25, -0.2) is 9.67 Å². The lowest BCUT2D eigenvalue weighted by Crippen LogP contribution is -2.40. The zero-order chi connectivity index (χ0) is 14.4. The summed E-state index contributed by atoms with van der Waals surface area (Å²) >= 11 is 2.02. The third-order valence-corrected chi connectivity index (χ3v) is 4.82. The van der Waals surface area contributed by atoms with Gasteiger partial charge in [-0.15, -0.1) is 0 Å². The molecule has 20 heavy (non-hydrogen) atoms. The van der Waals surface area contributed by atoms with Gasteiger partial charge in [0.2, 0.25) is 0 Å². The Labute approximate surface area is 125 Å². The van der Waals surface area contributed by atoms with E-state index in [1.54, 1.807) is 6.33 Å². The molecule has 0 radical (unpaired) electrons. The van der Waals surface area contributed by atoms with Crippen LogP contribution in [0.2, 0.25) is 0 Å². The van der Waals surface area contributed by atoms with Crippen molar-refractivity contribution in [3.8, 4) is 0 Å². The summed E-state index contributed by atoms with van der Waals surface area (Å²) in [6, 6.07) is 0.560. The van der Waals surface area contributed by atoms with Gasteiger partial charge >= 0.3 is 0 Å². The SMILES string of the molecule is CC(C)Cn1ncnc1CN(CCO)[C@@H]1CCCSC1. The summed E-state index contributed by atoms with van der Waals surface area (Å²) in [5.74, 6) is 4.01. The molecule has 0 aromatic carbocycles. The fourth-order valence-corrected chi connectivity index (χ4v) is 3.81. The van der Waals surface area contributed by atoms with Crippen LogP contribution in [-0.2, 0) is 13.1 Å². The molecule has 1 saturated heterocycles. The van der Waals surface area contributed by atoms with E-state index in [1.807, 2.05) is 16.4 Å². The largest absolute Gasteiger partial charge is 0.395 e. The predicted molar refractivity (Wildman–Crippen MR) is 82.7 cm³/mol. The molecule has 0 saturated carbocycles. The highest BCUT2D eigenvalue weighted by molar-refractivity contribution is 7.99. The number of aliphatic hydroxyl groups excluding tert-OH is 1. The van der Waals surface area contributed by atoms with Gasteiger partial charge in [-0.2, -0.15) is 16.9 Å². The van der Waals surface area contributed by atoms with E-state index in [-0.39, 0.29) is 6.61 Å². The van der Waals surface area contributed by atoms with Crippen LogP contribution in [0.1, 0.15) is 32.5 Å². The fourth-order valence-electron chi connectivity index (χ4n) is 2.62. The zero-order valence-electron chi connectivity index (χ0n) is 12.5. The molecule has 1 aliphatic rings. The quantitative estimate of drug-likeness (QED) is 0.829. The van der Waals surface area contributed by atoms with Gasteiger partial charge in [0.1, 0.15) is 12.2 Å². The number of rotatable bonds is 7. The van der Waals surface area contributed by atoms with Crippen molar-refractivity contribution < 1.29 is 5.11 Å². The molecule has 5 nitrogen and oxygen atoms in total. The summed E-state index contributed by atoms with van der Waals surface area (Å²) in [6.07, 6.45) is 4.14. The molecular weight excluding hydrogens is 272 g/mol. The van der Waals surface area contributed by atoms with Crippen molar-refractivity contribution >= 4 is 11.8 Å². The fraction of sp³-hybridized carbons (Fsp3) is 0.857. The highest BCUT2D eigenvalue weighted by Crippen LogP contribution is 2.22. The molecule has 1 atom stereocenters. The molecule has 0 unspecified atom stereocenters. The summed E-state index contributed by atoms with van der Waals surface area (Å²) < 4.78 is 2.00. The van der Waals surface area contributed by atoms with Crippen molar-refractivity contribution in [3.63, 3.8) is 0 Å². The first kappa shape index (κ1) is 15.8. The van der Waals surface area contributed by atoms with Crippen LogP contribution in [-0.4, -0.2) is 55.5 Å². The van der Waals surface area contributed by atoms with Gasteiger partial charge in [0, 0.05) is 24.9 Å². The van der Waals surface area contributed by atoms with Gasteiger partial charge in [-0.3, -0.25) is 4.90 Å². The second-order valence-electron chi connectivity index (χ2n) is 5.82. The summed E-state index contributed by atoms with van der Waals surface area (Å²) in [7, 11) is 0. The van der Waals surface area contributed by atoms with Crippen LogP contribution in [0.5, 0.6) is 0 Å². The molecule has 2 heterocycles. The summed E-state index contributed by atoms with van der Waals surface area (Å²) in [5, 5.41) is 13.6. The third kappa shape index (κ3) is 4.46. The van der Waals surface area contributed by atoms with Crippen molar-refractivity contribution in [2.24, 2.45) is 5.92 Å². The van der Waals surface area contributed by atoms with Crippen LogP contribution in [0.4, 0.5) is 0 Å². The first-order valence-electron chi connectivity index (χ1n) is 7.50. The Morgan fingerprint density at radius 3 is 3.05 bits per heavy atom. The highest BCUT2D eigenvalue weighted by Gasteiger charge is 2.22. The second-order valence-corrected chi connectivity index (χ2v) is 6.97. The monoisotopic (exact) mass is 298 g/mol. The minimum Gasteiger partial charge on any atom is -0.395 e. The topological polar surface area (TPSA) is 54.2 Å². The second kappa shape index (κ2) is 8.00. The molecule has 1 fully saturated rings. The van der Waals surface area contributed by atoms with E-state index >= 15 is 0 Å². The van der Waals surface area contributed by atoms with E-state index in [0.29, 0.717) is 12.0 Å². The molecule has 2 rings (SSSR count). The standard InChI is InChI=1S/C14H26N4OS/c1-12(2)8-18-14(15-11-16-18)9-17(5-6-19)13-4-3-7-20-10-13/h11-13,19H,3-10H2,1-2H3/t13-/m1/s1. The summed E-state index contributed by atoms with van der Waals surface area (Å²) in [6.45, 7) is 7.00. The Morgan fingerprint density at radius 1 is 1.55 bits per heavy atom.